The van der Waals surface area contributed by atoms with Crippen molar-refractivity contribution in [2.24, 2.45) is 5.92 Å². The van der Waals surface area contributed by atoms with Crippen molar-refractivity contribution in [1.29, 1.82) is 0 Å². The predicted molar refractivity (Wildman–Crippen MR) is 94.7 cm³/mol. The normalized spacial score (nSPS) is 22.2. The minimum absolute atomic E-state index is 0.0665. The summed E-state index contributed by atoms with van der Waals surface area (Å²) in [5, 5.41) is 0. The summed E-state index contributed by atoms with van der Waals surface area (Å²) in [5.74, 6) is 1.07. The average molecular weight is 356 g/mol. The quantitative estimate of drug-likeness (QED) is 0.845. The van der Waals surface area contributed by atoms with Gasteiger partial charge in [0.2, 0.25) is 5.88 Å². The van der Waals surface area contributed by atoms with Crippen LogP contribution in [0.15, 0.2) is 36.7 Å². The number of anilines is 1. The highest BCUT2D eigenvalue weighted by molar-refractivity contribution is 5.95. The van der Waals surface area contributed by atoms with E-state index < -0.39 is 5.82 Å². The van der Waals surface area contributed by atoms with Crippen LogP contribution in [0.3, 0.4) is 0 Å². The number of amides is 1. The van der Waals surface area contributed by atoms with Crippen molar-refractivity contribution >= 4 is 11.7 Å². The van der Waals surface area contributed by atoms with E-state index in [1.807, 2.05) is 4.90 Å². The lowest BCUT2D eigenvalue weighted by Crippen LogP contribution is -2.50. The van der Waals surface area contributed by atoms with Gasteiger partial charge in [-0.2, -0.15) is 0 Å². The lowest BCUT2D eigenvalue weighted by Gasteiger charge is -2.39. The molecule has 1 aromatic carbocycles. The molecule has 136 valence electrons. The SMILES string of the molecule is COc1cc(N2CCC3CCN(C(=O)c4ccccc4F)C3C2)ncn1. The second-order valence-corrected chi connectivity index (χ2v) is 6.75. The monoisotopic (exact) mass is 356 g/mol. The largest absolute Gasteiger partial charge is 0.481 e. The molecule has 0 bridgehead atoms. The first kappa shape index (κ1) is 16.8. The van der Waals surface area contributed by atoms with Gasteiger partial charge in [-0.1, -0.05) is 12.1 Å². The van der Waals surface area contributed by atoms with Crippen LogP contribution >= 0.6 is 0 Å². The van der Waals surface area contributed by atoms with E-state index in [1.54, 1.807) is 31.4 Å². The number of rotatable bonds is 3. The lowest BCUT2D eigenvalue weighted by atomic mass is 9.92. The maximum atomic E-state index is 14.1. The summed E-state index contributed by atoms with van der Waals surface area (Å²) in [7, 11) is 1.57. The fraction of sp³-hybridized carbons (Fsp3) is 0.421. The Morgan fingerprint density at radius 3 is 2.85 bits per heavy atom. The Morgan fingerprint density at radius 1 is 1.23 bits per heavy atom. The van der Waals surface area contributed by atoms with E-state index in [0.717, 1.165) is 25.2 Å². The number of halogens is 1. The van der Waals surface area contributed by atoms with Crippen LogP contribution < -0.4 is 9.64 Å². The molecule has 0 aliphatic carbocycles. The minimum atomic E-state index is -0.464. The van der Waals surface area contributed by atoms with Crippen LogP contribution in [0.4, 0.5) is 10.2 Å². The summed E-state index contributed by atoms with van der Waals surface area (Å²) in [5.41, 5.74) is 0.147. The first-order valence-corrected chi connectivity index (χ1v) is 8.84. The standard InChI is InChI=1S/C19H21FN4O2/c1-26-18-10-17(21-12-22-18)23-8-6-13-7-9-24(16(13)11-23)19(25)14-4-2-3-5-15(14)20/h2-5,10,12-13,16H,6-9,11H2,1H3. The Hall–Kier alpha value is -2.70. The third-order valence-corrected chi connectivity index (χ3v) is 5.39. The number of ether oxygens (including phenoxy) is 1. The van der Waals surface area contributed by atoms with E-state index in [2.05, 4.69) is 14.9 Å². The van der Waals surface area contributed by atoms with E-state index in [0.29, 0.717) is 24.9 Å². The molecule has 2 atom stereocenters. The van der Waals surface area contributed by atoms with Crippen molar-refractivity contribution in [3.05, 3.63) is 48.0 Å². The molecule has 7 heteroatoms. The molecule has 0 spiro atoms. The fourth-order valence-corrected chi connectivity index (χ4v) is 4.00. The van der Waals surface area contributed by atoms with Gasteiger partial charge in [-0.05, 0) is 30.9 Å². The molecule has 6 nitrogen and oxygen atoms in total. The van der Waals surface area contributed by atoms with Crippen molar-refractivity contribution < 1.29 is 13.9 Å². The van der Waals surface area contributed by atoms with Crippen LogP contribution in [0.5, 0.6) is 5.88 Å². The van der Waals surface area contributed by atoms with Crippen molar-refractivity contribution in [3.63, 3.8) is 0 Å². The van der Waals surface area contributed by atoms with Crippen molar-refractivity contribution in [3.8, 4) is 5.88 Å². The summed E-state index contributed by atoms with van der Waals surface area (Å²) >= 11 is 0. The summed E-state index contributed by atoms with van der Waals surface area (Å²) in [4.78, 5) is 25.3. The van der Waals surface area contributed by atoms with Crippen molar-refractivity contribution in [2.75, 3.05) is 31.6 Å². The average Bonchev–Trinajstić information content (AvgIpc) is 3.11. The summed E-state index contributed by atoms with van der Waals surface area (Å²) < 4.78 is 19.2. The van der Waals surface area contributed by atoms with Gasteiger partial charge < -0.3 is 14.5 Å². The Morgan fingerprint density at radius 2 is 2.04 bits per heavy atom. The molecule has 2 aliphatic rings. The number of methoxy groups -OCH3 is 1. The molecule has 1 amide bonds. The zero-order chi connectivity index (χ0) is 18.1. The Labute approximate surface area is 151 Å². The summed E-state index contributed by atoms with van der Waals surface area (Å²) in [6.07, 6.45) is 3.43. The predicted octanol–water partition coefficient (Wildman–Crippen LogP) is 2.37. The van der Waals surface area contributed by atoms with Crippen molar-refractivity contribution in [2.45, 2.75) is 18.9 Å². The third-order valence-electron chi connectivity index (χ3n) is 5.39. The highest BCUT2D eigenvalue weighted by Crippen LogP contribution is 2.34. The summed E-state index contributed by atoms with van der Waals surface area (Å²) in [6.45, 7) is 2.23. The second-order valence-electron chi connectivity index (χ2n) is 6.75. The maximum Gasteiger partial charge on any atom is 0.257 e. The molecular formula is C19H21FN4O2. The number of likely N-dealkylation sites (tertiary alicyclic amines) is 1. The fourth-order valence-electron chi connectivity index (χ4n) is 4.00. The van der Waals surface area contributed by atoms with Crippen LogP contribution in [0, 0.1) is 11.7 Å². The molecule has 0 radical (unpaired) electrons. The second kappa shape index (κ2) is 6.90. The van der Waals surface area contributed by atoms with Crippen LogP contribution in [0.1, 0.15) is 23.2 Å². The number of aromatic nitrogens is 2. The number of piperidine rings is 1. The molecule has 4 rings (SSSR count). The number of hydrogen-bond donors (Lipinski definition) is 0. The number of benzene rings is 1. The van der Waals surface area contributed by atoms with Crippen LogP contribution in [0.2, 0.25) is 0 Å². The zero-order valence-electron chi connectivity index (χ0n) is 14.6. The molecule has 0 N–H and O–H groups in total. The first-order chi connectivity index (χ1) is 12.7. The third kappa shape index (κ3) is 2.98. The maximum absolute atomic E-state index is 14.1. The highest BCUT2D eigenvalue weighted by Gasteiger charge is 2.41. The number of nitrogens with zero attached hydrogens (tertiary/aromatic N) is 4. The number of fused-ring (bicyclic) bond motifs is 1. The van der Waals surface area contributed by atoms with E-state index >= 15 is 0 Å². The lowest BCUT2D eigenvalue weighted by molar-refractivity contribution is 0.0707. The van der Waals surface area contributed by atoms with E-state index in [4.69, 9.17) is 4.74 Å². The molecule has 3 heterocycles. The molecular weight excluding hydrogens is 335 g/mol. The molecule has 2 aromatic rings. The van der Waals surface area contributed by atoms with E-state index in [-0.39, 0.29) is 17.5 Å². The van der Waals surface area contributed by atoms with Gasteiger partial charge in [0.05, 0.1) is 18.7 Å². The van der Waals surface area contributed by atoms with E-state index in [9.17, 15) is 9.18 Å². The number of carbonyl (C=O) groups is 1. The minimum Gasteiger partial charge on any atom is -0.481 e. The van der Waals surface area contributed by atoms with Gasteiger partial charge >= 0.3 is 0 Å². The summed E-state index contributed by atoms with van der Waals surface area (Å²) in [6, 6.07) is 8.06. The number of carbonyl (C=O) groups excluding carboxylic acids is 1. The Balaban J connectivity index is 1.55. The van der Waals surface area contributed by atoms with Gasteiger partial charge in [-0.3, -0.25) is 4.79 Å². The van der Waals surface area contributed by atoms with Gasteiger partial charge in [-0.25, -0.2) is 14.4 Å². The Kier molecular flexibility index (Phi) is 4.44. The molecule has 2 aliphatic heterocycles. The molecule has 1 aromatic heterocycles. The van der Waals surface area contributed by atoms with Crippen LogP contribution in [-0.4, -0.2) is 53.6 Å². The molecule has 2 unspecified atom stereocenters. The molecule has 2 fully saturated rings. The number of hydrogen-bond acceptors (Lipinski definition) is 5. The molecule has 26 heavy (non-hydrogen) atoms. The topological polar surface area (TPSA) is 58.6 Å². The Bertz CT molecular complexity index is 816. The van der Waals surface area contributed by atoms with E-state index in [1.165, 1.54) is 12.4 Å². The highest BCUT2D eigenvalue weighted by atomic mass is 19.1. The van der Waals surface area contributed by atoms with Crippen LogP contribution in [-0.2, 0) is 0 Å². The smallest absolute Gasteiger partial charge is 0.257 e. The zero-order valence-corrected chi connectivity index (χ0v) is 14.6. The first-order valence-electron chi connectivity index (χ1n) is 8.84. The van der Waals surface area contributed by atoms with Gasteiger partial charge in [0, 0.05) is 25.7 Å². The van der Waals surface area contributed by atoms with Gasteiger partial charge in [0.1, 0.15) is 18.0 Å². The van der Waals surface area contributed by atoms with Gasteiger partial charge in [-0.15, -0.1) is 0 Å². The molecule has 0 saturated carbocycles. The molecule has 2 saturated heterocycles. The van der Waals surface area contributed by atoms with Crippen molar-refractivity contribution in [1.82, 2.24) is 14.9 Å². The van der Waals surface area contributed by atoms with Gasteiger partial charge in [0.25, 0.3) is 5.91 Å². The van der Waals surface area contributed by atoms with Gasteiger partial charge in [0.15, 0.2) is 0 Å². The van der Waals surface area contributed by atoms with Crippen LogP contribution in [0.25, 0.3) is 0 Å².